The molecule has 0 aliphatic heterocycles. The number of anilines is 2. The topological polar surface area (TPSA) is 96.1 Å². The maximum absolute atomic E-state index is 9.69. The minimum atomic E-state index is -0.362. The van der Waals surface area contributed by atoms with E-state index >= 15 is 0 Å². The van der Waals surface area contributed by atoms with Crippen molar-refractivity contribution >= 4 is 11.6 Å². The van der Waals surface area contributed by atoms with E-state index in [1.807, 2.05) is 20.8 Å². The van der Waals surface area contributed by atoms with Crippen molar-refractivity contribution in [2.45, 2.75) is 58.9 Å². The van der Waals surface area contributed by atoms with Crippen LogP contribution in [-0.4, -0.2) is 27.2 Å². The molecule has 0 amide bonds. The van der Waals surface area contributed by atoms with Gasteiger partial charge >= 0.3 is 0 Å². The molecule has 1 aromatic heterocycles. The molecule has 0 saturated heterocycles. The Bertz CT molecular complexity index is 435. The molecule has 0 atom stereocenters. The van der Waals surface area contributed by atoms with E-state index in [-0.39, 0.29) is 18.1 Å². The van der Waals surface area contributed by atoms with Gasteiger partial charge in [0.25, 0.3) is 0 Å². The van der Waals surface area contributed by atoms with Crippen LogP contribution < -0.4 is 16.6 Å². The lowest BCUT2D eigenvalue weighted by molar-refractivity contribution is 0.202. The standard InChI is InChI=1S/C14H27N5O/c1-6-14(7-2,8-20)18-12-10(5)13(19-15)17-11(16-12)9(3)4/h9,20H,6-8,15H2,1-5H3,(H2,16,17,18,19). The van der Waals surface area contributed by atoms with Gasteiger partial charge in [-0.15, -0.1) is 0 Å². The smallest absolute Gasteiger partial charge is 0.148 e. The quantitative estimate of drug-likeness (QED) is 0.452. The van der Waals surface area contributed by atoms with Crippen molar-refractivity contribution in [2.75, 3.05) is 17.3 Å². The van der Waals surface area contributed by atoms with Crippen molar-refractivity contribution in [3.63, 3.8) is 0 Å². The summed E-state index contributed by atoms with van der Waals surface area (Å²) in [6.45, 7) is 10.1. The molecule has 20 heavy (non-hydrogen) atoms. The summed E-state index contributed by atoms with van der Waals surface area (Å²) in [7, 11) is 0. The first-order chi connectivity index (χ1) is 9.42. The molecule has 1 aromatic rings. The molecule has 0 spiro atoms. The second-order valence-corrected chi connectivity index (χ2v) is 5.47. The minimum Gasteiger partial charge on any atom is -0.394 e. The SMILES string of the molecule is CCC(CC)(CO)Nc1nc(C(C)C)nc(NN)c1C. The van der Waals surface area contributed by atoms with Crippen LogP contribution in [0.1, 0.15) is 57.8 Å². The van der Waals surface area contributed by atoms with Crippen LogP contribution in [0, 0.1) is 6.92 Å². The van der Waals surface area contributed by atoms with Crippen molar-refractivity contribution in [1.29, 1.82) is 0 Å². The summed E-state index contributed by atoms with van der Waals surface area (Å²) in [5.74, 6) is 7.81. The lowest BCUT2D eigenvalue weighted by Gasteiger charge is -2.32. The second kappa shape index (κ2) is 6.85. The fourth-order valence-corrected chi connectivity index (χ4v) is 2.00. The highest BCUT2D eigenvalue weighted by atomic mass is 16.3. The Labute approximate surface area is 121 Å². The van der Waals surface area contributed by atoms with Crippen molar-refractivity contribution in [3.05, 3.63) is 11.4 Å². The van der Waals surface area contributed by atoms with Crippen LogP contribution in [0.25, 0.3) is 0 Å². The number of hydrogen-bond donors (Lipinski definition) is 4. The van der Waals surface area contributed by atoms with Gasteiger partial charge in [-0.1, -0.05) is 27.7 Å². The molecule has 5 N–H and O–H groups in total. The second-order valence-electron chi connectivity index (χ2n) is 5.47. The number of aliphatic hydroxyl groups is 1. The maximum atomic E-state index is 9.69. The van der Waals surface area contributed by atoms with Crippen LogP contribution in [-0.2, 0) is 0 Å². The predicted octanol–water partition coefficient (Wildman–Crippen LogP) is 2.16. The van der Waals surface area contributed by atoms with Crippen LogP contribution in [0.3, 0.4) is 0 Å². The fraction of sp³-hybridized carbons (Fsp3) is 0.714. The molecular formula is C14H27N5O. The minimum absolute atomic E-state index is 0.0614. The molecule has 0 aliphatic rings. The normalized spacial score (nSPS) is 11.8. The first kappa shape index (κ1) is 16.7. The van der Waals surface area contributed by atoms with Gasteiger partial charge in [0.2, 0.25) is 0 Å². The molecule has 1 heterocycles. The molecule has 0 unspecified atom stereocenters. The Morgan fingerprint density at radius 3 is 2.15 bits per heavy atom. The van der Waals surface area contributed by atoms with Gasteiger partial charge in [-0.2, -0.15) is 0 Å². The molecule has 0 fully saturated rings. The summed E-state index contributed by atoms with van der Waals surface area (Å²) < 4.78 is 0. The van der Waals surface area contributed by atoms with Gasteiger partial charge in [-0.05, 0) is 19.8 Å². The van der Waals surface area contributed by atoms with E-state index < -0.39 is 0 Å². The molecule has 0 aliphatic carbocycles. The van der Waals surface area contributed by atoms with Crippen LogP contribution >= 0.6 is 0 Å². The summed E-state index contributed by atoms with van der Waals surface area (Å²) in [5.41, 5.74) is 3.11. The van der Waals surface area contributed by atoms with Crippen molar-refractivity contribution in [2.24, 2.45) is 5.84 Å². The average molecular weight is 281 g/mol. The van der Waals surface area contributed by atoms with E-state index in [0.29, 0.717) is 5.82 Å². The number of aromatic nitrogens is 2. The number of hydrazine groups is 1. The summed E-state index contributed by atoms with van der Waals surface area (Å²) in [6, 6.07) is 0. The Hall–Kier alpha value is -1.40. The van der Waals surface area contributed by atoms with Gasteiger partial charge in [-0.25, -0.2) is 15.8 Å². The third kappa shape index (κ3) is 3.37. The lowest BCUT2D eigenvalue weighted by Crippen LogP contribution is -2.41. The van der Waals surface area contributed by atoms with Gasteiger partial charge in [0.15, 0.2) is 0 Å². The van der Waals surface area contributed by atoms with Gasteiger partial charge < -0.3 is 15.8 Å². The van der Waals surface area contributed by atoms with Gasteiger partial charge in [0.1, 0.15) is 17.5 Å². The monoisotopic (exact) mass is 281 g/mol. The first-order valence-electron chi connectivity index (χ1n) is 7.17. The van der Waals surface area contributed by atoms with E-state index in [1.54, 1.807) is 0 Å². The van der Waals surface area contributed by atoms with Crippen LogP contribution in [0.2, 0.25) is 0 Å². The molecule has 6 nitrogen and oxygen atoms in total. The van der Waals surface area contributed by atoms with Crippen molar-refractivity contribution in [3.8, 4) is 0 Å². The number of nitrogens with one attached hydrogen (secondary N) is 2. The first-order valence-corrected chi connectivity index (χ1v) is 7.17. The number of rotatable bonds is 7. The summed E-state index contributed by atoms with van der Waals surface area (Å²) in [5, 5.41) is 13.1. The molecule has 1 rings (SSSR count). The van der Waals surface area contributed by atoms with Crippen LogP contribution in [0.5, 0.6) is 0 Å². The molecule has 114 valence electrons. The lowest BCUT2D eigenvalue weighted by atomic mass is 9.93. The number of nitrogens with zero attached hydrogens (tertiary/aromatic N) is 2. The Kier molecular flexibility index (Phi) is 5.71. The zero-order chi connectivity index (χ0) is 15.3. The van der Waals surface area contributed by atoms with Gasteiger partial charge in [0, 0.05) is 11.5 Å². The Morgan fingerprint density at radius 1 is 1.20 bits per heavy atom. The maximum Gasteiger partial charge on any atom is 0.148 e. The van der Waals surface area contributed by atoms with E-state index in [1.165, 1.54) is 0 Å². The van der Waals surface area contributed by atoms with Crippen LogP contribution in [0.4, 0.5) is 11.6 Å². The molecule has 0 bridgehead atoms. The molecule has 6 heteroatoms. The van der Waals surface area contributed by atoms with E-state index in [0.717, 1.165) is 30.0 Å². The molecule has 0 aromatic carbocycles. The predicted molar refractivity (Wildman–Crippen MR) is 82.7 cm³/mol. The molecular weight excluding hydrogens is 254 g/mol. The zero-order valence-electron chi connectivity index (χ0n) is 13.1. The fourth-order valence-electron chi connectivity index (χ4n) is 2.00. The summed E-state index contributed by atoms with van der Waals surface area (Å²) in [6.07, 6.45) is 1.62. The number of nitrogens with two attached hydrogens (primary N) is 1. The Morgan fingerprint density at radius 2 is 1.75 bits per heavy atom. The van der Waals surface area contributed by atoms with Crippen molar-refractivity contribution < 1.29 is 5.11 Å². The molecule has 0 radical (unpaired) electrons. The van der Waals surface area contributed by atoms with E-state index in [2.05, 4.69) is 34.6 Å². The summed E-state index contributed by atoms with van der Waals surface area (Å²) in [4.78, 5) is 8.99. The van der Waals surface area contributed by atoms with E-state index in [9.17, 15) is 5.11 Å². The van der Waals surface area contributed by atoms with Crippen LogP contribution in [0.15, 0.2) is 0 Å². The third-order valence-electron chi connectivity index (χ3n) is 3.86. The highest BCUT2D eigenvalue weighted by molar-refractivity contribution is 5.58. The van der Waals surface area contributed by atoms with E-state index in [4.69, 9.17) is 5.84 Å². The third-order valence-corrected chi connectivity index (χ3v) is 3.86. The highest BCUT2D eigenvalue weighted by Crippen LogP contribution is 2.27. The van der Waals surface area contributed by atoms with Gasteiger partial charge in [-0.3, -0.25) is 0 Å². The Balaban J connectivity index is 3.25. The number of hydrogen-bond acceptors (Lipinski definition) is 6. The zero-order valence-corrected chi connectivity index (χ0v) is 13.1. The number of nitrogen functional groups attached to an aromatic ring is 1. The van der Waals surface area contributed by atoms with Crippen molar-refractivity contribution in [1.82, 2.24) is 9.97 Å². The highest BCUT2D eigenvalue weighted by Gasteiger charge is 2.27. The summed E-state index contributed by atoms with van der Waals surface area (Å²) >= 11 is 0. The van der Waals surface area contributed by atoms with Gasteiger partial charge in [0.05, 0.1) is 12.1 Å². The average Bonchev–Trinajstić information content (AvgIpc) is 2.46. The number of aliphatic hydroxyl groups excluding tert-OH is 1. The largest absolute Gasteiger partial charge is 0.394 e. The molecule has 0 saturated carbocycles.